The van der Waals surface area contributed by atoms with E-state index in [9.17, 15) is 4.79 Å². The van der Waals surface area contributed by atoms with Gasteiger partial charge in [0.25, 0.3) is 5.91 Å². The van der Waals surface area contributed by atoms with Crippen LogP contribution in [-0.4, -0.2) is 44.7 Å². The predicted molar refractivity (Wildman–Crippen MR) is 91.7 cm³/mol. The van der Waals surface area contributed by atoms with E-state index in [0.29, 0.717) is 17.7 Å². The SMILES string of the molecule is COC1CCC(NC(=O)c2nc(-n3ccnc3)nc3c2CCC3)CC1. The van der Waals surface area contributed by atoms with Crippen LogP contribution in [0, 0.1) is 0 Å². The third kappa shape index (κ3) is 3.28. The first-order valence-electron chi connectivity index (χ1n) is 8.96. The van der Waals surface area contributed by atoms with Crippen molar-refractivity contribution in [2.75, 3.05) is 7.11 Å². The van der Waals surface area contributed by atoms with Crippen LogP contribution >= 0.6 is 0 Å². The Morgan fingerprint density at radius 1 is 1.24 bits per heavy atom. The highest BCUT2D eigenvalue weighted by Gasteiger charge is 2.27. The number of methoxy groups -OCH3 is 1. The van der Waals surface area contributed by atoms with Crippen LogP contribution in [0.15, 0.2) is 18.7 Å². The summed E-state index contributed by atoms with van der Waals surface area (Å²) in [5.74, 6) is 0.439. The molecule has 2 aromatic heterocycles. The molecule has 0 bridgehead atoms. The number of aryl methyl sites for hydroxylation is 1. The van der Waals surface area contributed by atoms with Crippen molar-refractivity contribution < 1.29 is 9.53 Å². The molecule has 7 heteroatoms. The van der Waals surface area contributed by atoms with E-state index in [4.69, 9.17) is 4.74 Å². The highest BCUT2D eigenvalue weighted by Crippen LogP contribution is 2.25. The first-order valence-corrected chi connectivity index (χ1v) is 8.96. The molecule has 0 unspecified atom stereocenters. The molecule has 0 atom stereocenters. The van der Waals surface area contributed by atoms with Crippen molar-refractivity contribution in [3.8, 4) is 5.95 Å². The lowest BCUT2D eigenvalue weighted by atomic mass is 9.93. The second-order valence-corrected chi connectivity index (χ2v) is 6.80. The molecule has 1 fully saturated rings. The smallest absolute Gasteiger partial charge is 0.270 e. The molecule has 4 rings (SSSR count). The van der Waals surface area contributed by atoms with Gasteiger partial charge < -0.3 is 10.1 Å². The Labute approximate surface area is 146 Å². The molecule has 0 aromatic carbocycles. The zero-order valence-corrected chi connectivity index (χ0v) is 14.4. The Morgan fingerprint density at radius 3 is 2.80 bits per heavy atom. The zero-order valence-electron chi connectivity index (χ0n) is 14.4. The number of amides is 1. The summed E-state index contributed by atoms with van der Waals surface area (Å²) in [5, 5.41) is 3.17. The summed E-state index contributed by atoms with van der Waals surface area (Å²) in [5.41, 5.74) is 2.53. The van der Waals surface area contributed by atoms with E-state index in [1.54, 1.807) is 30.4 Å². The number of nitrogens with one attached hydrogen (secondary N) is 1. The van der Waals surface area contributed by atoms with E-state index < -0.39 is 0 Å². The molecule has 1 N–H and O–H groups in total. The maximum atomic E-state index is 12.9. The molecule has 2 heterocycles. The normalized spacial score (nSPS) is 22.6. The van der Waals surface area contributed by atoms with Gasteiger partial charge >= 0.3 is 0 Å². The van der Waals surface area contributed by atoms with E-state index in [1.165, 1.54) is 0 Å². The van der Waals surface area contributed by atoms with E-state index >= 15 is 0 Å². The monoisotopic (exact) mass is 341 g/mol. The number of carbonyl (C=O) groups excluding carboxylic acids is 1. The molecule has 0 radical (unpaired) electrons. The van der Waals surface area contributed by atoms with Gasteiger partial charge in [-0.3, -0.25) is 9.36 Å². The minimum atomic E-state index is -0.0808. The fourth-order valence-electron chi connectivity index (χ4n) is 3.80. The van der Waals surface area contributed by atoms with Crippen LogP contribution in [0.1, 0.15) is 53.8 Å². The Bertz CT molecular complexity index is 751. The second-order valence-electron chi connectivity index (χ2n) is 6.80. The highest BCUT2D eigenvalue weighted by molar-refractivity contribution is 5.94. The minimum absolute atomic E-state index is 0.0808. The molecule has 1 saturated carbocycles. The number of rotatable bonds is 4. The fourth-order valence-corrected chi connectivity index (χ4v) is 3.80. The molecule has 1 amide bonds. The third-order valence-electron chi connectivity index (χ3n) is 5.21. The van der Waals surface area contributed by atoms with Gasteiger partial charge in [-0.05, 0) is 44.9 Å². The average molecular weight is 341 g/mol. The topological polar surface area (TPSA) is 81.9 Å². The fraction of sp³-hybridized carbons (Fsp3) is 0.556. The Kier molecular flexibility index (Phi) is 4.48. The zero-order chi connectivity index (χ0) is 17.2. The van der Waals surface area contributed by atoms with Gasteiger partial charge in [-0.25, -0.2) is 15.0 Å². The lowest BCUT2D eigenvalue weighted by Gasteiger charge is -2.28. The Balaban J connectivity index is 1.56. The molecular formula is C18H23N5O2. The molecule has 132 valence electrons. The number of fused-ring (bicyclic) bond motifs is 1. The van der Waals surface area contributed by atoms with Crippen LogP contribution in [0.2, 0.25) is 0 Å². The van der Waals surface area contributed by atoms with E-state index in [1.807, 2.05) is 0 Å². The van der Waals surface area contributed by atoms with Crippen LogP contribution < -0.4 is 5.32 Å². The Hall–Kier alpha value is -2.28. The summed E-state index contributed by atoms with van der Waals surface area (Å²) in [4.78, 5) is 26.1. The largest absolute Gasteiger partial charge is 0.381 e. The highest BCUT2D eigenvalue weighted by atomic mass is 16.5. The first kappa shape index (κ1) is 16.2. The van der Waals surface area contributed by atoms with Gasteiger partial charge in [0.15, 0.2) is 0 Å². The second kappa shape index (κ2) is 6.92. The van der Waals surface area contributed by atoms with Crippen molar-refractivity contribution in [3.63, 3.8) is 0 Å². The minimum Gasteiger partial charge on any atom is -0.381 e. The van der Waals surface area contributed by atoms with Gasteiger partial charge in [-0.1, -0.05) is 0 Å². The number of hydrogen-bond donors (Lipinski definition) is 1. The van der Waals surface area contributed by atoms with E-state index in [0.717, 1.165) is 56.2 Å². The first-order chi connectivity index (χ1) is 12.2. The molecule has 2 aromatic rings. The molecule has 25 heavy (non-hydrogen) atoms. The van der Waals surface area contributed by atoms with Crippen molar-refractivity contribution in [2.45, 2.75) is 57.1 Å². The van der Waals surface area contributed by atoms with Crippen molar-refractivity contribution in [1.82, 2.24) is 24.8 Å². The number of hydrogen-bond acceptors (Lipinski definition) is 5. The van der Waals surface area contributed by atoms with Gasteiger partial charge in [0.05, 0.1) is 6.10 Å². The third-order valence-corrected chi connectivity index (χ3v) is 5.21. The standard InChI is InChI=1S/C18H23N5O2/c1-25-13-7-5-12(6-8-13)20-17(24)16-14-3-2-4-15(14)21-18(22-16)23-10-9-19-11-23/h9-13H,2-8H2,1H3,(H,20,24). The van der Waals surface area contributed by atoms with Crippen LogP contribution in [0.3, 0.4) is 0 Å². The van der Waals surface area contributed by atoms with Crippen molar-refractivity contribution >= 4 is 5.91 Å². The molecule has 0 spiro atoms. The van der Waals surface area contributed by atoms with Crippen LogP contribution in [-0.2, 0) is 17.6 Å². The maximum absolute atomic E-state index is 12.9. The molecule has 7 nitrogen and oxygen atoms in total. The summed E-state index contributed by atoms with van der Waals surface area (Å²) in [6, 6.07) is 0.197. The molecule has 0 aliphatic heterocycles. The molecular weight excluding hydrogens is 318 g/mol. The quantitative estimate of drug-likeness (QED) is 0.917. The number of ether oxygens (including phenoxy) is 1. The van der Waals surface area contributed by atoms with Gasteiger partial charge in [-0.2, -0.15) is 0 Å². The van der Waals surface area contributed by atoms with Crippen LogP contribution in [0.25, 0.3) is 5.95 Å². The van der Waals surface area contributed by atoms with Crippen molar-refractivity contribution in [2.24, 2.45) is 0 Å². The average Bonchev–Trinajstić information content (AvgIpc) is 3.32. The lowest BCUT2D eigenvalue weighted by molar-refractivity contribution is 0.0598. The van der Waals surface area contributed by atoms with Gasteiger partial charge in [0.2, 0.25) is 5.95 Å². The van der Waals surface area contributed by atoms with Crippen molar-refractivity contribution in [3.05, 3.63) is 35.7 Å². The van der Waals surface area contributed by atoms with Crippen LogP contribution in [0.4, 0.5) is 0 Å². The number of aromatic nitrogens is 4. The van der Waals surface area contributed by atoms with Crippen LogP contribution in [0.5, 0.6) is 0 Å². The summed E-state index contributed by atoms with van der Waals surface area (Å²) >= 11 is 0. The Morgan fingerprint density at radius 2 is 2.08 bits per heavy atom. The van der Waals surface area contributed by atoms with Gasteiger partial charge in [0, 0.05) is 36.8 Å². The molecule has 2 aliphatic carbocycles. The molecule has 2 aliphatic rings. The number of imidazole rings is 1. The van der Waals surface area contributed by atoms with E-state index in [-0.39, 0.29) is 11.9 Å². The maximum Gasteiger partial charge on any atom is 0.270 e. The summed E-state index contributed by atoms with van der Waals surface area (Å²) in [6.07, 6.45) is 12.1. The summed E-state index contributed by atoms with van der Waals surface area (Å²) in [7, 11) is 1.76. The number of carbonyl (C=O) groups is 1. The van der Waals surface area contributed by atoms with Gasteiger partial charge in [-0.15, -0.1) is 0 Å². The van der Waals surface area contributed by atoms with E-state index in [2.05, 4.69) is 20.3 Å². The predicted octanol–water partition coefficient (Wildman–Crippen LogP) is 1.84. The summed E-state index contributed by atoms with van der Waals surface area (Å²) in [6.45, 7) is 0. The lowest BCUT2D eigenvalue weighted by Crippen LogP contribution is -2.39. The number of nitrogens with zero attached hydrogens (tertiary/aromatic N) is 4. The molecule has 0 saturated heterocycles. The van der Waals surface area contributed by atoms with Crippen molar-refractivity contribution in [1.29, 1.82) is 0 Å². The van der Waals surface area contributed by atoms with Gasteiger partial charge in [0.1, 0.15) is 12.0 Å². The summed E-state index contributed by atoms with van der Waals surface area (Å²) < 4.78 is 7.15.